The van der Waals surface area contributed by atoms with Crippen molar-refractivity contribution in [3.63, 3.8) is 0 Å². The monoisotopic (exact) mass is 339 g/mol. The molecule has 1 saturated carbocycles. The van der Waals surface area contributed by atoms with Crippen molar-refractivity contribution < 1.29 is 14.3 Å². The predicted molar refractivity (Wildman–Crippen MR) is 90.4 cm³/mol. The van der Waals surface area contributed by atoms with Crippen molar-refractivity contribution in [3.05, 3.63) is 11.6 Å². The first-order chi connectivity index (χ1) is 10.8. The molecule has 23 heavy (non-hydrogen) atoms. The molecule has 1 aromatic rings. The molecule has 0 atom stereocenters. The lowest BCUT2D eigenvalue weighted by molar-refractivity contribution is -0.121. The van der Waals surface area contributed by atoms with Gasteiger partial charge in [-0.1, -0.05) is 0 Å². The molecule has 0 aliphatic heterocycles. The van der Waals surface area contributed by atoms with Gasteiger partial charge in [0.25, 0.3) is 0 Å². The zero-order chi connectivity index (χ0) is 16.9. The van der Waals surface area contributed by atoms with Gasteiger partial charge in [-0.3, -0.25) is 4.79 Å². The number of hydrogen-bond donors (Lipinski definition) is 2. The minimum atomic E-state index is -0.477. The second-order valence-electron chi connectivity index (χ2n) is 6.93. The number of alkyl carbamates (subject to hydrolysis) is 1. The zero-order valence-corrected chi connectivity index (χ0v) is 14.7. The van der Waals surface area contributed by atoms with E-state index in [1.807, 2.05) is 26.2 Å². The first-order valence-corrected chi connectivity index (χ1v) is 8.88. The van der Waals surface area contributed by atoms with E-state index in [2.05, 4.69) is 15.6 Å². The van der Waals surface area contributed by atoms with Crippen LogP contribution in [0.15, 0.2) is 11.6 Å². The molecule has 0 saturated heterocycles. The van der Waals surface area contributed by atoms with E-state index in [0.717, 1.165) is 25.7 Å². The summed E-state index contributed by atoms with van der Waals surface area (Å²) in [5, 5.41) is 8.18. The van der Waals surface area contributed by atoms with Crippen molar-refractivity contribution >= 4 is 28.5 Å². The summed E-state index contributed by atoms with van der Waals surface area (Å²) >= 11 is 1.43. The summed E-state index contributed by atoms with van der Waals surface area (Å²) in [5.41, 5.74) is -0.477. The highest BCUT2D eigenvalue weighted by Crippen LogP contribution is 2.29. The van der Waals surface area contributed by atoms with Crippen LogP contribution in [-0.2, 0) is 9.53 Å². The second-order valence-corrected chi connectivity index (χ2v) is 7.82. The third-order valence-corrected chi connectivity index (χ3v) is 4.50. The molecule has 1 fully saturated rings. The van der Waals surface area contributed by atoms with Gasteiger partial charge in [-0.25, -0.2) is 9.78 Å². The maximum atomic E-state index is 12.2. The molecule has 0 radical (unpaired) electrons. The number of nitrogens with zero attached hydrogens (tertiary/aromatic N) is 1. The van der Waals surface area contributed by atoms with E-state index in [1.54, 1.807) is 6.20 Å². The highest BCUT2D eigenvalue weighted by molar-refractivity contribution is 7.13. The lowest BCUT2D eigenvalue weighted by Crippen LogP contribution is -2.37. The lowest BCUT2D eigenvalue weighted by Gasteiger charge is -2.28. The Hall–Kier alpha value is -1.63. The molecule has 2 amide bonds. The van der Waals surface area contributed by atoms with Gasteiger partial charge in [-0.15, -0.1) is 11.3 Å². The molecule has 2 rings (SSSR count). The van der Waals surface area contributed by atoms with Gasteiger partial charge in [-0.2, -0.15) is 0 Å². The van der Waals surface area contributed by atoms with Crippen molar-refractivity contribution in [3.8, 4) is 0 Å². The summed E-state index contributed by atoms with van der Waals surface area (Å²) in [5.74, 6) is 0.501. The Morgan fingerprint density at radius 1 is 1.30 bits per heavy atom. The maximum absolute atomic E-state index is 12.2. The number of anilines is 1. The van der Waals surface area contributed by atoms with Crippen molar-refractivity contribution in [2.24, 2.45) is 11.8 Å². The maximum Gasteiger partial charge on any atom is 0.407 e. The average Bonchev–Trinajstić information content (AvgIpc) is 2.97. The fraction of sp³-hybridized carbons (Fsp3) is 0.688. The molecule has 0 spiro atoms. The molecule has 2 N–H and O–H groups in total. The number of amides is 2. The Bertz CT molecular complexity index is 517. The number of ether oxygens (including phenoxy) is 1. The van der Waals surface area contributed by atoms with Gasteiger partial charge in [0.1, 0.15) is 5.60 Å². The van der Waals surface area contributed by atoms with Gasteiger partial charge < -0.3 is 15.4 Å². The minimum Gasteiger partial charge on any atom is -0.444 e. The van der Waals surface area contributed by atoms with Crippen LogP contribution in [-0.4, -0.2) is 29.1 Å². The Morgan fingerprint density at radius 3 is 2.57 bits per heavy atom. The average molecular weight is 339 g/mol. The first-order valence-electron chi connectivity index (χ1n) is 8.00. The number of nitrogens with one attached hydrogen (secondary N) is 2. The van der Waals surface area contributed by atoms with E-state index in [1.165, 1.54) is 11.3 Å². The minimum absolute atomic E-state index is 0.0386. The predicted octanol–water partition coefficient (Wildman–Crippen LogP) is 3.41. The molecule has 1 aliphatic rings. The van der Waals surface area contributed by atoms with Gasteiger partial charge in [0, 0.05) is 24.0 Å². The summed E-state index contributed by atoms with van der Waals surface area (Å²) in [6.07, 6.45) is 4.87. The van der Waals surface area contributed by atoms with Crippen LogP contribution in [0.4, 0.5) is 9.93 Å². The number of rotatable bonds is 4. The molecule has 0 unspecified atom stereocenters. The Morgan fingerprint density at radius 2 is 2.00 bits per heavy atom. The summed E-state index contributed by atoms with van der Waals surface area (Å²) in [7, 11) is 0. The van der Waals surface area contributed by atoms with E-state index >= 15 is 0 Å². The number of carbonyl (C=O) groups is 2. The molecule has 0 aromatic carbocycles. The van der Waals surface area contributed by atoms with Gasteiger partial charge in [0.15, 0.2) is 5.13 Å². The number of aromatic nitrogens is 1. The van der Waals surface area contributed by atoms with Crippen molar-refractivity contribution in [1.29, 1.82) is 0 Å². The molecule has 1 aliphatic carbocycles. The van der Waals surface area contributed by atoms with E-state index in [9.17, 15) is 9.59 Å². The first kappa shape index (κ1) is 17.7. The van der Waals surface area contributed by atoms with Crippen LogP contribution in [0.5, 0.6) is 0 Å². The molecule has 6 nitrogen and oxygen atoms in total. The van der Waals surface area contributed by atoms with E-state index in [4.69, 9.17) is 4.74 Å². The fourth-order valence-corrected chi connectivity index (χ4v) is 3.20. The van der Waals surface area contributed by atoms with Crippen molar-refractivity contribution in [2.75, 3.05) is 11.9 Å². The Balaban J connectivity index is 1.67. The van der Waals surface area contributed by atoms with Gasteiger partial charge in [-0.05, 0) is 52.4 Å². The normalized spacial score (nSPS) is 21.5. The summed E-state index contributed by atoms with van der Waals surface area (Å²) in [4.78, 5) is 27.9. The van der Waals surface area contributed by atoms with Crippen molar-refractivity contribution in [2.45, 2.75) is 52.1 Å². The van der Waals surface area contributed by atoms with Crippen LogP contribution >= 0.6 is 11.3 Å². The molecule has 0 bridgehead atoms. The number of carbonyl (C=O) groups excluding carboxylic acids is 2. The van der Waals surface area contributed by atoms with Crippen LogP contribution in [0.1, 0.15) is 46.5 Å². The van der Waals surface area contributed by atoms with Crippen LogP contribution in [0.2, 0.25) is 0 Å². The standard InChI is InChI=1S/C16H25N3O3S/c1-16(2,3)22-15(21)18-10-11-4-6-12(7-5-11)13(20)19-14-17-8-9-23-14/h8-9,11-12H,4-7,10H2,1-3H3,(H,18,21)(H,17,19,20). The zero-order valence-electron chi connectivity index (χ0n) is 13.9. The molecule has 128 valence electrons. The van der Waals surface area contributed by atoms with Gasteiger partial charge in [0.05, 0.1) is 0 Å². The topological polar surface area (TPSA) is 80.3 Å². The van der Waals surface area contributed by atoms with Crippen LogP contribution in [0.3, 0.4) is 0 Å². The van der Waals surface area contributed by atoms with Gasteiger partial charge >= 0.3 is 6.09 Å². The second kappa shape index (κ2) is 7.77. The van der Waals surface area contributed by atoms with Crippen LogP contribution in [0, 0.1) is 11.8 Å². The number of hydrogen-bond acceptors (Lipinski definition) is 5. The number of thiazole rings is 1. The van der Waals surface area contributed by atoms with E-state index in [-0.39, 0.29) is 17.9 Å². The van der Waals surface area contributed by atoms with E-state index < -0.39 is 5.60 Å². The summed E-state index contributed by atoms with van der Waals surface area (Å²) in [6, 6.07) is 0. The largest absolute Gasteiger partial charge is 0.444 e. The SMILES string of the molecule is CC(C)(C)OC(=O)NCC1CCC(C(=O)Nc2nccs2)CC1. The van der Waals surface area contributed by atoms with E-state index in [0.29, 0.717) is 17.6 Å². The third kappa shape index (κ3) is 6.17. The molecule has 1 heterocycles. The summed E-state index contributed by atoms with van der Waals surface area (Å²) < 4.78 is 5.23. The molecular formula is C16H25N3O3S. The Kier molecular flexibility index (Phi) is 5.98. The van der Waals surface area contributed by atoms with Crippen LogP contribution in [0.25, 0.3) is 0 Å². The van der Waals surface area contributed by atoms with Crippen molar-refractivity contribution in [1.82, 2.24) is 10.3 Å². The molecule has 7 heteroatoms. The fourth-order valence-electron chi connectivity index (χ4n) is 2.66. The smallest absolute Gasteiger partial charge is 0.407 e. The third-order valence-electron chi connectivity index (χ3n) is 3.81. The Labute approximate surface area is 141 Å². The highest BCUT2D eigenvalue weighted by Gasteiger charge is 2.27. The molecule has 1 aromatic heterocycles. The quantitative estimate of drug-likeness (QED) is 0.881. The van der Waals surface area contributed by atoms with Gasteiger partial charge in [0.2, 0.25) is 5.91 Å². The highest BCUT2D eigenvalue weighted by atomic mass is 32.1. The summed E-state index contributed by atoms with van der Waals surface area (Å²) in [6.45, 7) is 6.15. The molecular weight excluding hydrogens is 314 g/mol. The van der Waals surface area contributed by atoms with Crippen LogP contribution < -0.4 is 10.6 Å². The lowest BCUT2D eigenvalue weighted by atomic mass is 9.81.